The van der Waals surface area contributed by atoms with Crippen molar-refractivity contribution in [2.75, 3.05) is 6.54 Å². The second-order valence-corrected chi connectivity index (χ2v) is 5.95. The minimum absolute atomic E-state index is 0.0889. The zero-order valence-corrected chi connectivity index (χ0v) is 13.4. The Morgan fingerprint density at radius 1 is 1.04 bits per heavy atom. The highest BCUT2D eigenvalue weighted by Crippen LogP contribution is 2.18. The Morgan fingerprint density at radius 2 is 1.75 bits per heavy atom. The first kappa shape index (κ1) is 16.1. The molecule has 0 aliphatic carbocycles. The SMILES string of the molecule is O=C(O)c1ccc(CNC(=O)N2CCCc3ccccc3C2)cc1. The first-order valence-corrected chi connectivity index (χ1v) is 8.05. The molecule has 0 radical (unpaired) electrons. The number of rotatable bonds is 3. The molecule has 0 spiro atoms. The molecule has 0 fully saturated rings. The van der Waals surface area contributed by atoms with E-state index in [9.17, 15) is 9.59 Å². The molecule has 0 saturated carbocycles. The Bertz CT molecular complexity index is 741. The second-order valence-electron chi connectivity index (χ2n) is 5.95. The second kappa shape index (κ2) is 7.17. The van der Waals surface area contributed by atoms with Gasteiger partial charge in [0, 0.05) is 19.6 Å². The number of amides is 2. The van der Waals surface area contributed by atoms with Crippen LogP contribution in [0.4, 0.5) is 4.79 Å². The third-order valence-corrected chi connectivity index (χ3v) is 4.29. The van der Waals surface area contributed by atoms with Gasteiger partial charge >= 0.3 is 12.0 Å². The highest BCUT2D eigenvalue weighted by Gasteiger charge is 2.18. The number of fused-ring (bicyclic) bond motifs is 1. The van der Waals surface area contributed by atoms with E-state index in [0.29, 0.717) is 13.1 Å². The van der Waals surface area contributed by atoms with E-state index in [4.69, 9.17) is 5.11 Å². The zero-order chi connectivity index (χ0) is 16.9. The van der Waals surface area contributed by atoms with Crippen LogP contribution < -0.4 is 5.32 Å². The summed E-state index contributed by atoms with van der Waals surface area (Å²) >= 11 is 0. The lowest BCUT2D eigenvalue weighted by Gasteiger charge is -2.21. The number of carbonyl (C=O) groups excluding carboxylic acids is 1. The molecule has 1 heterocycles. The summed E-state index contributed by atoms with van der Waals surface area (Å²) in [5.41, 5.74) is 3.64. The molecule has 0 aromatic heterocycles. The van der Waals surface area contributed by atoms with E-state index in [1.165, 1.54) is 11.1 Å². The summed E-state index contributed by atoms with van der Waals surface area (Å²) in [6.07, 6.45) is 1.95. The molecule has 5 nitrogen and oxygen atoms in total. The first-order chi connectivity index (χ1) is 11.6. The third kappa shape index (κ3) is 3.74. The van der Waals surface area contributed by atoms with Gasteiger partial charge in [0.2, 0.25) is 0 Å². The Labute approximate surface area is 140 Å². The monoisotopic (exact) mass is 324 g/mol. The van der Waals surface area contributed by atoms with Gasteiger partial charge < -0.3 is 15.3 Å². The summed E-state index contributed by atoms with van der Waals surface area (Å²) in [4.78, 5) is 25.1. The van der Waals surface area contributed by atoms with Crippen LogP contribution in [0.2, 0.25) is 0 Å². The van der Waals surface area contributed by atoms with E-state index in [-0.39, 0.29) is 11.6 Å². The van der Waals surface area contributed by atoms with Gasteiger partial charge in [0.05, 0.1) is 5.56 Å². The molecule has 0 saturated heterocycles. The van der Waals surface area contributed by atoms with Crippen LogP contribution in [0.1, 0.15) is 33.5 Å². The molecule has 24 heavy (non-hydrogen) atoms. The van der Waals surface area contributed by atoms with Crippen LogP contribution in [0.3, 0.4) is 0 Å². The van der Waals surface area contributed by atoms with Crippen molar-refractivity contribution in [1.82, 2.24) is 10.2 Å². The number of nitrogens with one attached hydrogen (secondary N) is 1. The van der Waals surface area contributed by atoms with Crippen LogP contribution in [0.5, 0.6) is 0 Å². The maximum atomic E-state index is 12.4. The fourth-order valence-corrected chi connectivity index (χ4v) is 2.93. The largest absolute Gasteiger partial charge is 0.478 e. The maximum absolute atomic E-state index is 12.4. The van der Waals surface area contributed by atoms with Gasteiger partial charge in [-0.25, -0.2) is 9.59 Å². The summed E-state index contributed by atoms with van der Waals surface area (Å²) in [6, 6.07) is 14.7. The molecule has 5 heteroatoms. The Morgan fingerprint density at radius 3 is 2.46 bits per heavy atom. The molecule has 3 rings (SSSR count). The smallest absolute Gasteiger partial charge is 0.335 e. The lowest BCUT2D eigenvalue weighted by atomic mass is 10.0. The molecular formula is C19H20N2O3. The number of aryl methyl sites for hydroxylation is 1. The van der Waals surface area contributed by atoms with Crippen LogP contribution in [0, 0.1) is 0 Å². The number of carboxylic acid groups (broad SMARTS) is 1. The fourth-order valence-electron chi connectivity index (χ4n) is 2.93. The molecule has 2 aromatic carbocycles. The summed E-state index contributed by atoms with van der Waals surface area (Å²) in [5, 5.41) is 11.8. The number of urea groups is 1. The summed E-state index contributed by atoms with van der Waals surface area (Å²) in [7, 11) is 0. The van der Waals surface area contributed by atoms with Gasteiger partial charge in [-0.1, -0.05) is 36.4 Å². The molecule has 1 aliphatic heterocycles. The molecule has 124 valence electrons. The van der Waals surface area contributed by atoms with Crippen molar-refractivity contribution in [3.8, 4) is 0 Å². The highest BCUT2D eigenvalue weighted by molar-refractivity contribution is 5.87. The molecule has 0 atom stereocenters. The van der Waals surface area contributed by atoms with Crippen molar-refractivity contribution >= 4 is 12.0 Å². The van der Waals surface area contributed by atoms with Gasteiger partial charge in [0.1, 0.15) is 0 Å². The van der Waals surface area contributed by atoms with Crippen molar-refractivity contribution in [2.24, 2.45) is 0 Å². The summed E-state index contributed by atoms with van der Waals surface area (Å²) in [6.45, 7) is 1.75. The summed E-state index contributed by atoms with van der Waals surface area (Å²) in [5.74, 6) is -0.950. The van der Waals surface area contributed by atoms with E-state index in [2.05, 4.69) is 17.4 Å². The molecule has 2 amide bonds. The summed E-state index contributed by atoms with van der Waals surface area (Å²) < 4.78 is 0. The lowest BCUT2D eigenvalue weighted by molar-refractivity contribution is 0.0697. The van der Waals surface area contributed by atoms with Crippen LogP contribution in [0.25, 0.3) is 0 Å². The van der Waals surface area contributed by atoms with E-state index in [1.807, 2.05) is 17.0 Å². The van der Waals surface area contributed by atoms with Gasteiger partial charge in [-0.3, -0.25) is 0 Å². The Kier molecular flexibility index (Phi) is 4.79. The first-order valence-electron chi connectivity index (χ1n) is 8.05. The predicted octanol–water partition coefficient (Wildman–Crippen LogP) is 3.04. The van der Waals surface area contributed by atoms with Gasteiger partial charge in [-0.15, -0.1) is 0 Å². The highest BCUT2D eigenvalue weighted by atomic mass is 16.4. The van der Waals surface area contributed by atoms with Crippen molar-refractivity contribution in [3.05, 3.63) is 70.8 Å². The average molecular weight is 324 g/mol. The minimum atomic E-state index is -0.950. The fraction of sp³-hybridized carbons (Fsp3) is 0.263. The number of carboxylic acids is 1. The van der Waals surface area contributed by atoms with Crippen molar-refractivity contribution in [1.29, 1.82) is 0 Å². The van der Waals surface area contributed by atoms with E-state index < -0.39 is 5.97 Å². The van der Waals surface area contributed by atoms with Crippen molar-refractivity contribution < 1.29 is 14.7 Å². The molecule has 0 bridgehead atoms. The molecule has 0 unspecified atom stereocenters. The van der Waals surface area contributed by atoms with Crippen LogP contribution in [0.15, 0.2) is 48.5 Å². The van der Waals surface area contributed by atoms with E-state index in [0.717, 1.165) is 24.9 Å². The Balaban J connectivity index is 1.60. The normalized spacial score (nSPS) is 13.8. The van der Waals surface area contributed by atoms with Gasteiger partial charge in [-0.05, 0) is 41.7 Å². The molecule has 2 N–H and O–H groups in total. The number of nitrogens with zero attached hydrogens (tertiary/aromatic N) is 1. The minimum Gasteiger partial charge on any atom is -0.478 e. The lowest BCUT2D eigenvalue weighted by Crippen LogP contribution is -2.39. The van der Waals surface area contributed by atoms with Crippen LogP contribution in [-0.4, -0.2) is 28.6 Å². The van der Waals surface area contributed by atoms with Gasteiger partial charge in [0.25, 0.3) is 0 Å². The van der Waals surface area contributed by atoms with Crippen molar-refractivity contribution in [3.63, 3.8) is 0 Å². The van der Waals surface area contributed by atoms with Crippen LogP contribution >= 0.6 is 0 Å². The number of hydrogen-bond acceptors (Lipinski definition) is 2. The molecule has 2 aromatic rings. The number of carbonyl (C=O) groups is 2. The van der Waals surface area contributed by atoms with E-state index >= 15 is 0 Å². The van der Waals surface area contributed by atoms with Gasteiger partial charge in [0.15, 0.2) is 0 Å². The predicted molar refractivity (Wildman–Crippen MR) is 90.8 cm³/mol. The molecular weight excluding hydrogens is 304 g/mol. The Hall–Kier alpha value is -2.82. The quantitative estimate of drug-likeness (QED) is 0.912. The number of aromatic carboxylic acids is 1. The topological polar surface area (TPSA) is 69.6 Å². The maximum Gasteiger partial charge on any atom is 0.335 e. The number of hydrogen-bond donors (Lipinski definition) is 2. The average Bonchev–Trinajstić information content (AvgIpc) is 2.82. The molecule has 1 aliphatic rings. The van der Waals surface area contributed by atoms with E-state index in [1.54, 1.807) is 24.3 Å². The van der Waals surface area contributed by atoms with Gasteiger partial charge in [-0.2, -0.15) is 0 Å². The third-order valence-electron chi connectivity index (χ3n) is 4.29. The standard InChI is InChI=1S/C19H20N2O3/c22-18(23)16-9-7-14(8-10-16)12-20-19(24)21-11-3-6-15-4-1-2-5-17(15)13-21/h1-2,4-5,7-10H,3,6,11-13H2,(H,20,24)(H,22,23). The van der Waals surface area contributed by atoms with Crippen molar-refractivity contribution in [2.45, 2.75) is 25.9 Å². The van der Waals surface area contributed by atoms with Crippen LogP contribution in [-0.2, 0) is 19.5 Å². The number of benzene rings is 2. The zero-order valence-electron chi connectivity index (χ0n) is 13.4.